The highest BCUT2D eigenvalue weighted by Crippen LogP contribution is 2.16. The maximum absolute atomic E-state index is 13.2. The molecule has 0 aromatic carbocycles. The molecule has 1 fully saturated rings. The SMILES string of the molecule is CC(C)(C)OC(=O)N1CCCN(c2cc(F)ncn2)CC1. The van der Waals surface area contributed by atoms with E-state index in [1.807, 2.05) is 25.7 Å². The Kier molecular flexibility index (Phi) is 4.59. The Labute approximate surface area is 123 Å². The van der Waals surface area contributed by atoms with E-state index in [1.165, 1.54) is 12.4 Å². The van der Waals surface area contributed by atoms with Crippen LogP contribution in [0.15, 0.2) is 12.4 Å². The molecule has 1 saturated heterocycles. The van der Waals surface area contributed by atoms with Gasteiger partial charge in [-0.15, -0.1) is 0 Å². The molecule has 0 N–H and O–H groups in total. The number of carbonyl (C=O) groups excluding carboxylic acids is 1. The van der Waals surface area contributed by atoms with Crippen LogP contribution in [0.2, 0.25) is 0 Å². The minimum absolute atomic E-state index is 0.307. The lowest BCUT2D eigenvalue weighted by molar-refractivity contribution is 0.0263. The fourth-order valence-corrected chi connectivity index (χ4v) is 2.15. The largest absolute Gasteiger partial charge is 0.444 e. The number of amides is 1. The summed E-state index contributed by atoms with van der Waals surface area (Å²) < 4.78 is 18.5. The van der Waals surface area contributed by atoms with Crippen molar-refractivity contribution < 1.29 is 13.9 Å². The predicted octanol–water partition coefficient (Wildman–Crippen LogP) is 2.06. The second-order valence-corrected chi connectivity index (χ2v) is 6.01. The first-order chi connectivity index (χ1) is 9.85. The Morgan fingerprint density at radius 2 is 2.00 bits per heavy atom. The lowest BCUT2D eigenvalue weighted by Crippen LogP contribution is -2.39. The van der Waals surface area contributed by atoms with Crippen molar-refractivity contribution >= 4 is 11.9 Å². The summed E-state index contributed by atoms with van der Waals surface area (Å²) in [5.74, 6) is 0.00165. The van der Waals surface area contributed by atoms with E-state index in [1.54, 1.807) is 4.90 Å². The molecule has 0 unspecified atom stereocenters. The molecular formula is C14H21FN4O2. The summed E-state index contributed by atoms with van der Waals surface area (Å²) in [5, 5.41) is 0. The van der Waals surface area contributed by atoms with Gasteiger partial charge in [0.15, 0.2) is 0 Å². The third-order valence-electron chi connectivity index (χ3n) is 3.09. The van der Waals surface area contributed by atoms with Crippen LogP contribution in [-0.2, 0) is 4.74 Å². The first kappa shape index (κ1) is 15.5. The molecule has 0 spiro atoms. The summed E-state index contributed by atoms with van der Waals surface area (Å²) in [5.41, 5.74) is -0.501. The first-order valence-corrected chi connectivity index (χ1v) is 7.05. The number of anilines is 1. The number of nitrogens with zero attached hydrogens (tertiary/aromatic N) is 4. The molecule has 2 rings (SSSR count). The van der Waals surface area contributed by atoms with Crippen molar-refractivity contribution in [2.24, 2.45) is 0 Å². The molecule has 1 aliphatic rings. The van der Waals surface area contributed by atoms with Crippen LogP contribution in [0.5, 0.6) is 0 Å². The highest BCUT2D eigenvalue weighted by molar-refractivity contribution is 5.68. The second kappa shape index (κ2) is 6.24. The van der Waals surface area contributed by atoms with Crippen LogP contribution in [0.3, 0.4) is 0 Å². The fourth-order valence-electron chi connectivity index (χ4n) is 2.15. The van der Waals surface area contributed by atoms with E-state index in [0.29, 0.717) is 25.5 Å². The smallest absolute Gasteiger partial charge is 0.410 e. The maximum atomic E-state index is 13.2. The molecule has 1 aromatic rings. The van der Waals surface area contributed by atoms with Crippen LogP contribution >= 0.6 is 0 Å². The number of hydrogen-bond donors (Lipinski definition) is 0. The molecule has 0 bridgehead atoms. The highest BCUT2D eigenvalue weighted by Gasteiger charge is 2.24. The van der Waals surface area contributed by atoms with Crippen LogP contribution in [0.4, 0.5) is 15.0 Å². The zero-order valence-corrected chi connectivity index (χ0v) is 12.7. The number of halogens is 1. The molecular weight excluding hydrogens is 275 g/mol. The Hall–Kier alpha value is -1.92. The molecule has 7 heteroatoms. The average Bonchev–Trinajstić information content (AvgIpc) is 2.62. The number of ether oxygens (including phenoxy) is 1. The molecule has 21 heavy (non-hydrogen) atoms. The molecule has 116 valence electrons. The first-order valence-electron chi connectivity index (χ1n) is 7.05. The Morgan fingerprint density at radius 1 is 1.24 bits per heavy atom. The van der Waals surface area contributed by atoms with E-state index in [9.17, 15) is 9.18 Å². The molecule has 0 aliphatic carbocycles. The Bertz CT molecular complexity index is 504. The van der Waals surface area contributed by atoms with Crippen molar-refractivity contribution in [3.63, 3.8) is 0 Å². The van der Waals surface area contributed by atoms with Gasteiger partial charge in [-0.1, -0.05) is 0 Å². The summed E-state index contributed by atoms with van der Waals surface area (Å²) in [7, 11) is 0. The van der Waals surface area contributed by atoms with Crippen LogP contribution in [0, 0.1) is 5.95 Å². The maximum Gasteiger partial charge on any atom is 0.410 e. The van der Waals surface area contributed by atoms with Gasteiger partial charge >= 0.3 is 6.09 Å². The van der Waals surface area contributed by atoms with Crippen molar-refractivity contribution in [2.45, 2.75) is 32.8 Å². The molecule has 6 nitrogen and oxygen atoms in total. The predicted molar refractivity (Wildman–Crippen MR) is 76.6 cm³/mol. The van der Waals surface area contributed by atoms with Gasteiger partial charge in [-0.25, -0.2) is 14.8 Å². The van der Waals surface area contributed by atoms with Gasteiger partial charge in [0.25, 0.3) is 0 Å². The van der Waals surface area contributed by atoms with Crippen LogP contribution in [-0.4, -0.2) is 52.7 Å². The van der Waals surface area contributed by atoms with E-state index >= 15 is 0 Å². The lowest BCUT2D eigenvalue weighted by atomic mass is 10.2. The van der Waals surface area contributed by atoms with Crippen molar-refractivity contribution in [2.75, 3.05) is 31.1 Å². The summed E-state index contributed by atoms with van der Waals surface area (Å²) in [6.07, 6.45) is 1.68. The van der Waals surface area contributed by atoms with E-state index in [2.05, 4.69) is 9.97 Å². The standard InChI is InChI=1S/C14H21FN4O2/c1-14(2,3)21-13(20)19-6-4-5-18(7-8-19)12-9-11(15)16-10-17-12/h9-10H,4-8H2,1-3H3. The Balaban J connectivity index is 1.97. The normalized spacial score (nSPS) is 16.6. The summed E-state index contributed by atoms with van der Waals surface area (Å²) in [6, 6.07) is 1.31. The third-order valence-corrected chi connectivity index (χ3v) is 3.09. The van der Waals surface area contributed by atoms with Crippen LogP contribution < -0.4 is 4.90 Å². The summed E-state index contributed by atoms with van der Waals surface area (Å²) in [6.45, 7) is 8.00. The average molecular weight is 296 g/mol. The quantitative estimate of drug-likeness (QED) is 0.742. The fraction of sp³-hybridized carbons (Fsp3) is 0.643. The van der Waals surface area contributed by atoms with Gasteiger partial charge in [0.2, 0.25) is 5.95 Å². The van der Waals surface area contributed by atoms with Gasteiger partial charge in [0.1, 0.15) is 17.7 Å². The van der Waals surface area contributed by atoms with Gasteiger partial charge in [0.05, 0.1) is 0 Å². The minimum Gasteiger partial charge on any atom is -0.444 e. The zero-order valence-electron chi connectivity index (χ0n) is 12.7. The van der Waals surface area contributed by atoms with Gasteiger partial charge in [0, 0.05) is 32.2 Å². The molecule has 1 aliphatic heterocycles. The monoisotopic (exact) mass is 296 g/mol. The Morgan fingerprint density at radius 3 is 2.67 bits per heavy atom. The molecule has 0 atom stereocenters. The molecule has 2 heterocycles. The number of hydrogen-bond acceptors (Lipinski definition) is 5. The van der Waals surface area contributed by atoms with Crippen LogP contribution in [0.1, 0.15) is 27.2 Å². The number of carbonyl (C=O) groups is 1. The molecule has 1 amide bonds. The van der Waals surface area contributed by atoms with E-state index < -0.39 is 11.5 Å². The third kappa shape index (κ3) is 4.54. The lowest BCUT2D eigenvalue weighted by Gasteiger charge is -2.26. The number of rotatable bonds is 1. The van der Waals surface area contributed by atoms with Crippen molar-refractivity contribution in [1.82, 2.24) is 14.9 Å². The van der Waals surface area contributed by atoms with Gasteiger partial charge < -0.3 is 14.5 Å². The highest BCUT2D eigenvalue weighted by atomic mass is 19.1. The molecule has 1 aromatic heterocycles. The molecule has 0 radical (unpaired) electrons. The zero-order chi connectivity index (χ0) is 15.5. The molecule has 0 saturated carbocycles. The van der Waals surface area contributed by atoms with Crippen LogP contribution in [0.25, 0.3) is 0 Å². The summed E-state index contributed by atoms with van der Waals surface area (Å²) in [4.78, 5) is 23.2. The number of aromatic nitrogens is 2. The van der Waals surface area contributed by atoms with Crippen molar-refractivity contribution in [1.29, 1.82) is 0 Å². The minimum atomic E-state index is -0.548. The van der Waals surface area contributed by atoms with Gasteiger partial charge in [-0.05, 0) is 27.2 Å². The second-order valence-electron chi connectivity index (χ2n) is 6.01. The summed E-state index contributed by atoms with van der Waals surface area (Å²) >= 11 is 0. The van der Waals surface area contributed by atoms with E-state index in [-0.39, 0.29) is 6.09 Å². The topological polar surface area (TPSA) is 58.6 Å². The van der Waals surface area contributed by atoms with E-state index in [4.69, 9.17) is 4.74 Å². The van der Waals surface area contributed by atoms with Gasteiger partial charge in [-0.2, -0.15) is 4.39 Å². The van der Waals surface area contributed by atoms with Crippen molar-refractivity contribution in [3.05, 3.63) is 18.3 Å². The van der Waals surface area contributed by atoms with Gasteiger partial charge in [-0.3, -0.25) is 0 Å². The van der Waals surface area contributed by atoms with Crippen molar-refractivity contribution in [3.8, 4) is 0 Å². The van der Waals surface area contributed by atoms with E-state index in [0.717, 1.165) is 13.0 Å².